The summed E-state index contributed by atoms with van der Waals surface area (Å²) >= 11 is 1.80. The van der Waals surface area contributed by atoms with E-state index in [0.717, 1.165) is 0 Å². The van der Waals surface area contributed by atoms with Crippen LogP contribution in [0, 0.1) is 0 Å². The normalized spacial score (nSPS) is 12.8. The monoisotopic (exact) mass is 155 g/mol. The first-order chi connectivity index (χ1) is 4.76. The van der Waals surface area contributed by atoms with E-state index in [1.165, 1.54) is 23.9 Å². The second-order valence-electron chi connectivity index (χ2n) is 2.37. The Balaban J connectivity index is 4.00. The van der Waals surface area contributed by atoms with Crippen molar-refractivity contribution in [1.29, 1.82) is 0 Å². The van der Waals surface area contributed by atoms with Crippen LogP contribution in [0.5, 0.6) is 0 Å². The molecule has 0 amide bonds. The number of allylic oxidation sites excluding steroid dienone is 2. The van der Waals surface area contributed by atoms with Crippen molar-refractivity contribution in [2.24, 2.45) is 0 Å². The van der Waals surface area contributed by atoms with Gasteiger partial charge in [-0.15, -0.1) is 0 Å². The van der Waals surface area contributed by atoms with Crippen LogP contribution in [0.1, 0.15) is 33.6 Å². The van der Waals surface area contributed by atoms with Crippen LogP contribution in [0.2, 0.25) is 0 Å². The SMILES string of the molecule is CC/C(C)=C(/[B]SC)CC. The predicted molar refractivity (Wildman–Crippen MR) is 52.6 cm³/mol. The molecule has 0 aliphatic heterocycles. The summed E-state index contributed by atoms with van der Waals surface area (Å²) < 4.78 is 0. The second kappa shape index (κ2) is 5.90. The van der Waals surface area contributed by atoms with Crippen molar-refractivity contribution in [3.05, 3.63) is 11.0 Å². The third kappa shape index (κ3) is 3.36. The zero-order chi connectivity index (χ0) is 7.98. The summed E-state index contributed by atoms with van der Waals surface area (Å²) in [6, 6.07) is 0. The summed E-state index contributed by atoms with van der Waals surface area (Å²) in [6.45, 7) is 8.88. The van der Waals surface area contributed by atoms with Crippen LogP contribution in [0.15, 0.2) is 11.0 Å². The molecule has 0 saturated carbocycles. The molecule has 2 heteroatoms. The average molecular weight is 155 g/mol. The third-order valence-corrected chi connectivity index (χ3v) is 2.24. The maximum absolute atomic E-state index is 2.25. The zero-order valence-electron chi connectivity index (χ0n) is 7.40. The molecule has 0 bridgehead atoms. The highest BCUT2D eigenvalue weighted by Crippen LogP contribution is 2.13. The van der Waals surface area contributed by atoms with E-state index in [9.17, 15) is 0 Å². The second-order valence-corrected chi connectivity index (χ2v) is 3.07. The molecule has 0 aromatic heterocycles. The molecule has 0 spiro atoms. The van der Waals surface area contributed by atoms with E-state index in [-0.39, 0.29) is 0 Å². The molecule has 10 heavy (non-hydrogen) atoms. The minimum atomic E-state index is 1.17. The van der Waals surface area contributed by atoms with E-state index < -0.39 is 0 Å². The quantitative estimate of drug-likeness (QED) is 0.562. The van der Waals surface area contributed by atoms with Gasteiger partial charge in [0.05, 0.1) is 0 Å². The fourth-order valence-corrected chi connectivity index (χ4v) is 1.51. The molecule has 1 radical (unpaired) electrons. The molecule has 0 unspecified atom stereocenters. The van der Waals surface area contributed by atoms with Gasteiger partial charge in [-0.25, -0.2) is 11.6 Å². The van der Waals surface area contributed by atoms with Gasteiger partial charge in [0.15, 0.2) is 0 Å². The Morgan fingerprint density at radius 2 is 1.90 bits per heavy atom. The highest BCUT2D eigenvalue weighted by molar-refractivity contribution is 8.22. The molecule has 0 aliphatic rings. The fourth-order valence-electron chi connectivity index (χ4n) is 0.855. The number of rotatable bonds is 4. The lowest BCUT2D eigenvalue weighted by molar-refractivity contribution is 1.04. The standard InChI is InChI=1S/C8H16BS/c1-5-7(3)8(6-2)9-10-4/h5-6H2,1-4H3/b8-7+. The topological polar surface area (TPSA) is 0 Å². The molecule has 0 rings (SSSR count). The molecule has 0 aromatic carbocycles. The molecule has 0 heterocycles. The van der Waals surface area contributed by atoms with E-state index in [4.69, 9.17) is 0 Å². The first-order valence-corrected chi connectivity index (χ1v) is 5.09. The minimum Gasteiger partial charge on any atom is -0.215 e. The third-order valence-electron chi connectivity index (χ3n) is 1.72. The van der Waals surface area contributed by atoms with Crippen molar-refractivity contribution < 1.29 is 0 Å². The lowest BCUT2D eigenvalue weighted by Gasteiger charge is -2.04. The maximum Gasteiger partial charge on any atom is 0.224 e. The molecular weight excluding hydrogens is 139 g/mol. The van der Waals surface area contributed by atoms with Gasteiger partial charge >= 0.3 is 0 Å². The van der Waals surface area contributed by atoms with Crippen molar-refractivity contribution >= 4 is 18.2 Å². The Hall–Kier alpha value is 0.155. The fraction of sp³-hybridized carbons (Fsp3) is 0.750. The molecular formula is C8H16BS. The van der Waals surface area contributed by atoms with Crippen molar-refractivity contribution in [2.45, 2.75) is 33.6 Å². The Bertz CT molecular complexity index is 118. The Kier molecular flexibility index (Phi) is 6.00. The first-order valence-electron chi connectivity index (χ1n) is 3.80. The van der Waals surface area contributed by atoms with Gasteiger partial charge in [-0.3, -0.25) is 0 Å². The summed E-state index contributed by atoms with van der Waals surface area (Å²) in [5, 5.41) is 0. The maximum atomic E-state index is 2.25. The molecule has 0 N–H and O–H groups in total. The van der Waals surface area contributed by atoms with Gasteiger partial charge in [0.2, 0.25) is 6.56 Å². The Labute approximate surface area is 69.6 Å². The smallest absolute Gasteiger partial charge is 0.215 e. The summed E-state index contributed by atoms with van der Waals surface area (Å²) in [6.07, 6.45) is 4.46. The summed E-state index contributed by atoms with van der Waals surface area (Å²) in [5.74, 6) is 0. The van der Waals surface area contributed by atoms with Gasteiger partial charge in [-0.2, -0.15) is 0 Å². The number of hydrogen-bond acceptors (Lipinski definition) is 1. The van der Waals surface area contributed by atoms with Crippen LogP contribution in [-0.2, 0) is 0 Å². The van der Waals surface area contributed by atoms with Crippen LogP contribution in [0.3, 0.4) is 0 Å². The Morgan fingerprint density at radius 3 is 2.20 bits per heavy atom. The van der Waals surface area contributed by atoms with Gasteiger partial charge in [0.1, 0.15) is 0 Å². The highest BCUT2D eigenvalue weighted by Gasteiger charge is 1.98. The van der Waals surface area contributed by atoms with Crippen LogP contribution in [0.25, 0.3) is 0 Å². The Morgan fingerprint density at radius 1 is 1.30 bits per heavy atom. The molecule has 0 atom stereocenters. The van der Waals surface area contributed by atoms with E-state index in [0.29, 0.717) is 0 Å². The molecule has 0 fully saturated rings. The zero-order valence-corrected chi connectivity index (χ0v) is 8.22. The van der Waals surface area contributed by atoms with Gasteiger partial charge in [-0.05, 0) is 26.0 Å². The lowest BCUT2D eigenvalue weighted by Crippen LogP contribution is -1.93. The summed E-state index contributed by atoms with van der Waals surface area (Å²) in [4.78, 5) is 0. The van der Waals surface area contributed by atoms with E-state index >= 15 is 0 Å². The molecule has 0 nitrogen and oxygen atoms in total. The summed E-state index contributed by atoms with van der Waals surface area (Å²) in [5.41, 5.74) is 3.03. The number of hydrogen-bond donors (Lipinski definition) is 0. The first kappa shape index (κ1) is 10.2. The largest absolute Gasteiger partial charge is 0.224 e. The van der Waals surface area contributed by atoms with Gasteiger partial charge in [0, 0.05) is 0 Å². The lowest BCUT2D eigenvalue weighted by atomic mass is 9.86. The molecule has 0 saturated heterocycles. The minimum absolute atomic E-state index is 1.17. The van der Waals surface area contributed by atoms with Crippen molar-refractivity contribution in [2.75, 3.05) is 6.26 Å². The highest BCUT2D eigenvalue weighted by atomic mass is 32.2. The average Bonchev–Trinajstić information content (AvgIpc) is 1.99. The summed E-state index contributed by atoms with van der Waals surface area (Å²) in [7, 11) is 0. The molecule has 0 aliphatic carbocycles. The van der Waals surface area contributed by atoms with E-state index in [2.05, 4.69) is 33.6 Å². The van der Waals surface area contributed by atoms with E-state index in [1.54, 1.807) is 11.6 Å². The molecule has 0 aromatic rings. The van der Waals surface area contributed by atoms with Crippen LogP contribution >= 0.6 is 11.6 Å². The predicted octanol–water partition coefficient (Wildman–Crippen LogP) is 3.06. The van der Waals surface area contributed by atoms with Gasteiger partial charge in [-0.1, -0.05) is 24.9 Å². The molecule has 57 valence electrons. The van der Waals surface area contributed by atoms with Crippen molar-refractivity contribution in [1.82, 2.24) is 0 Å². The van der Waals surface area contributed by atoms with Gasteiger partial charge in [0.25, 0.3) is 0 Å². The van der Waals surface area contributed by atoms with Crippen molar-refractivity contribution in [3.63, 3.8) is 0 Å². The van der Waals surface area contributed by atoms with Crippen molar-refractivity contribution in [3.8, 4) is 0 Å². The van der Waals surface area contributed by atoms with Crippen LogP contribution < -0.4 is 0 Å². The van der Waals surface area contributed by atoms with Crippen LogP contribution in [-0.4, -0.2) is 12.8 Å². The van der Waals surface area contributed by atoms with Gasteiger partial charge < -0.3 is 0 Å². The van der Waals surface area contributed by atoms with E-state index in [1.807, 2.05) is 0 Å². The van der Waals surface area contributed by atoms with Crippen LogP contribution in [0.4, 0.5) is 0 Å².